The van der Waals surface area contributed by atoms with Crippen LogP contribution in [0.3, 0.4) is 0 Å². The maximum atomic E-state index is 6.11. The minimum Gasteiger partial charge on any atom is -0.494 e. The second kappa shape index (κ2) is 7.36. The molecule has 4 heteroatoms. The number of rotatable bonds is 7. The molecule has 0 aliphatic rings. The van der Waals surface area contributed by atoms with Crippen LogP contribution >= 0.6 is 11.6 Å². The number of benzene rings is 1. The molecule has 0 aliphatic heterocycles. The molecule has 2 rings (SSSR count). The van der Waals surface area contributed by atoms with Crippen LogP contribution in [0.5, 0.6) is 5.75 Å². The Morgan fingerprint density at radius 3 is 2.50 bits per heavy atom. The lowest BCUT2D eigenvalue weighted by molar-refractivity contribution is 0.340. The van der Waals surface area contributed by atoms with Crippen LogP contribution in [0.25, 0.3) is 0 Å². The predicted octanol–water partition coefficient (Wildman–Crippen LogP) is 4.42. The average Bonchev–Trinajstić information content (AvgIpc) is 2.88. The van der Waals surface area contributed by atoms with E-state index in [1.165, 1.54) is 0 Å². The molecule has 1 atom stereocenters. The number of ether oxygens (including phenoxy) is 1. The van der Waals surface area contributed by atoms with Crippen molar-refractivity contribution in [3.05, 3.63) is 52.9 Å². The van der Waals surface area contributed by atoms with Gasteiger partial charge in [-0.25, -0.2) is 0 Å². The minimum atomic E-state index is 0.0388. The summed E-state index contributed by atoms with van der Waals surface area (Å²) in [5.41, 5.74) is 2.11. The summed E-state index contributed by atoms with van der Waals surface area (Å²) in [6.07, 6.45) is 2.68. The third-order valence-electron chi connectivity index (χ3n) is 3.08. The third-order valence-corrected chi connectivity index (χ3v) is 3.39. The fourth-order valence-corrected chi connectivity index (χ4v) is 2.35. The van der Waals surface area contributed by atoms with Gasteiger partial charge >= 0.3 is 0 Å². The molecule has 0 fully saturated rings. The van der Waals surface area contributed by atoms with Crippen molar-refractivity contribution in [2.24, 2.45) is 0 Å². The molecule has 0 saturated heterocycles. The highest BCUT2D eigenvalue weighted by molar-refractivity contribution is 6.29. The molecule has 1 aromatic heterocycles. The Morgan fingerprint density at radius 1 is 1.20 bits per heavy atom. The Morgan fingerprint density at radius 2 is 1.95 bits per heavy atom. The quantitative estimate of drug-likeness (QED) is 0.820. The standard InChI is InChI=1S/C16H20ClNO2/c1-3-10-18-15(14-9-11-20-16(14)17)12-5-7-13(8-6-12)19-4-2/h5-9,11,15,18H,3-4,10H2,1-2H3. The fraction of sp³-hybridized carbons (Fsp3) is 0.375. The monoisotopic (exact) mass is 293 g/mol. The Balaban J connectivity index is 2.24. The molecular weight excluding hydrogens is 274 g/mol. The third kappa shape index (κ3) is 3.56. The first kappa shape index (κ1) is 14.9. The normalized spacial score (nSPS) is 12.3. The summed E-state index contributed by atoms with van der Waals surface area (Å²) in [7, 11) is 0. The molecule has 0 aliphatic carbocycles. The van der Waals surface area contributed by atoms with Gasteiger partial charge in [-0.1, -0.05) is 19.1 Å². The van der Waals surface area contributed by atoms with Crippen molar-refractivity contribution in [2.75, 3.05) is 13.2 Å². The van der Waals surface area contributed by atoms with E-state index in [0.29, 0.717) is 11.8 Å². The van der Waals surface area contributed by atoms with E-state index in [9.17, 15) is 0 Å². The van der Waals surface area contributed by atoms with E-state index in [0.717, 1.165) is 29.8 Å². The molecule has 1 N–H and O–H groups in total. The first-order valence-electron chi connectivity index (χ1n) is 6.95. The summed E-state index contributed by atoms with van der Waals surface area (Å²) in [6.45, 7) is 5.70. The molecule has 1 heterocycles. The highest BCUT2D eigenvalue weighted by Crippen LogP contribution is 2.30. The van der Waals surface area contributed by atoms with Crippen LogP contribution in [-0.2, 0) is 0 Å². The van der Waals surface area contributed by atoms with Gasteiger partial charge in [-0.05, 0) is 55.3 Å². The molecule has 0 saturated carbocycles. The van der Waals surface area contributed by atoms with E-state index in [4.69, 9.17) is 20.8 Å². The van der Waals surface area contributed by atoms with E-state index in [-0.39, 0.29) is 6.04 Å². The Kier molecular flexibility index (Phi) is 5.50. The van der Waals surface area contributed by atoms with Gasteiger partial charge in [-0.2, -0.15) is 0 Å². The summed E-state index contributed by atoms with van der Waals surface area (Å²) in [5.74, 6) is 0.879. The van der Waals surface area contributed by atoms with Gasteiger partial charge in [0, 0.05) is 5.56 Å². The zero-order chi connectivity index (χ0) is 14.4. The van der Waals surface area contributed by atoms with E-state index < -0.39 is 0 Å². The van der Waals surface area contributed by atoms with Crippen LogP contribution in [0.1, 0.15) is 37.4 Å². The van der Waals surface area contributed by atoms with Gasteiger partial charge < -0.3 is 14.5 Å². The second-order valence-corrected chi connectivity index (χ2v) is 4.88. The van der Waals surface area contributed by atoms with Crippen molar-refractivity contribution >= 4 is 11.6 Å². The van der Waals surface area contributed by atoms with Crippen LogP contribution in [0.2, 0.25) is 5.22 Å². The summed E-state index contributed by atoms with van der Waals surface area (Å²) >= 11 is 6.11. The molecule has 0 amide bonds. The van der Waals surface area contributed by atoms with Crippen LogP contribution < -0.4 is 10.1 Å². The first-order valence-corrected chi connectivity index (χ1v) is 7.33. The fourth-order valence-electron chi connectivity index (χ4n) is 2.13. The zero-order valence-corrected chi connectivity index (χ0v) is 12.6. The molecule has 20 heavy (non-hydrogen) atoms. The molecule has 1 unspecified atom stereocenters. The lowest BCUT2D eigenvalue weighted by Crippen LogP contribution is -2.23. The van der Waals surface area contributed by atoms with E-state index in [2.05, 4.69) is 24.4 Å². The molecule has 1 aromatic carbocycles. The van der Waals surface area contributed by atoms with Crippen LogP contribution in [0, 0.1) is 0 Å². The van der Waals surface area contributed by atoms with Crippen LogP contribution in [0.15, 0.2) is 41.0 Å². The van der Waals surface area contributed by atoms with Crippen LogP contribution in [-0.4, -0.2) is 13.2 Å². The predicted molar refractivity (Wildman–Crippen MR) is 81.5 cm³/mol. The summed E-state index contributed by atoms with van der Waals surface area (Å²) in [4.78, 5) is 0. The van der Waals surface area contributed by atoms with Crippen molar-refractivity contribution in [3.8, 4) is 5.75 Å². The number of hydrogen-bond donors (Lipinski definition) is 1. The number of hydrogen-bond acceptors (Lipinski definition) is 3. The molecular formula is C16H20ClNO2. The van der Waals surface area contributed by atoms with Gasteiger partial charge in [0.25, 0.3) is 0 Å². The molecule has 108 valence electrons. The second-order valence-electron chi connectivity index (χ2n) is 4.54. The maximum Gasteiger partial charge on any atom is 0.198 e. The van der Waals surface area contributed by atoms with Crippen molar-refractivity contribution in [2.45, 2.75) is 26.3 Å². The summed E-state index contributed by atoms with van der Waals surface area (Å²) in [6, 6.07) is 10.0. The highest BCUT2D eigenvalue weighted by Gasteiger charge is 2.18. The number of halogens is 1. The SMILES string of the molecule is CCCNC(c1ccc(OCC)cc1)c1ccoc1Cl. The largest absolute Gasteiger partial charge is 0.494 e. The number of furan rings is 1. The van der Waals surface area contributed by atoms with Crippen molar-refractivity contribution in [3.63, 3.8) is 0 Å². The Bertz CT molecular complexity index is 522. The van der Waals surface area contributed by atoms with Gasteiger partial charge in [-0.15, -0.1) is 0 Å². The van der Waals surface area contributed by atoms with Gasteiger partial charge in [0.2, 0.25) is 0 Å². The van der Waals surface area contributed by atoms with Gasteiger partial charge in [0.15, 0.2) is 5.22 Å². The Hall–Kier alpha value is -1.45. The molecule has 0 spiro atoms. The van der Waals surface area contributed by atoms with Crippen molar-refractivity contribution in [1.82, 2.24) is 5.32 Å². The van der Waals surface area contributed by atoms with E-state index in [1.807, 2.05) is 25.1 Å². The maximum absolute atomic E-state index is 6.11. The van der Waals surface area contributed by atoms with E-state index in [1.54, 1.807) is 6.26 Å². The molecule has 0 radical (unpaired) electrons. The highest BCUT2D eigenvalue weighted by atomic mass is 35.5. The van der Waals surface area contributed by atoms with Crippen molar-refractivity contribution < 1.29 is 9.15 Å². The Labute approximate surface area is 124 Å². The molecule has 0 bridgehead atoms. The van der Waals surface area contributed by atoms with Gasteiger partial charge in [0.1, 0.15) is 5.75 Å². The summed E-state index contributed by atoms with van der Waals surface area (Å²) in [5, 5.41) is 3.93. The zero-order valence-electron chi connectivity index (χ0n) is 11.9. The van der Waals surface area contributed by atoms with Gasteiger partial charge in [-0.3, -0.25) is 0 Å². The smallest absolute Gasteiger partial charge is 0.198 e. The molecule has 3 nitrogen and oxygen atoms in total. The lowest BCUT2D eigenvalue weighted by Gasteiger charge is -2.18. The first-order chi connectivity index (χ1) is 9.76. The minimum absolute atomic E-state index is 0.0388. The van der Waals surface area contributed by atoms with Gasteiger partial charge in [0.05, 0.1) is 18.9 Å². The lowest BCUT2D eigenvalue weighted by atomic mass is 10.0. The topological polar surface area (TPSA) is 34.4 Å². The molecule has 2 aromatic rings. The van der Waals surface area contributed by atoms with Crippen molar-refractivity contribution in [1.29, 1.82) is 0 Å². The summed E-state index contributed by atoms with van der Waals surface area (Å²) < 4.78 is 10.7. The van der Waals surface area contributed by atoms with Crippen LogP contribution in [0.4, 0.5) is 0 Å². The van der Waals surface area contributed by atoms with E-state index >= 15 is 0 Å². The average molecular weight is 294 g/mol. The number of nitrogens with one attached hydrogen (secondary N) is 1.